The number of hydrogen-bond donors (Lipinski definition) is 0. The van der Waals surface area contributed by atoms with E-state index in [0.29, 0.717) is 0 Å². The van der Waals surface area contributed by atoms with E-state index < -0.39 is 5.60 Å². The van der Waals surface area contributed by atoms with Gasteiger partial charge in [0.1, 0.15) is 5.60 Å². The second-order valence-corrected chi connectivity index (χ2v) is 7.57. The second kappa shape index (κ2) is 18.3. The molecule has 0 aromatic carbocycles. The number of hydrogen-bond acceptors (Lipinski definition) is 2. The first-order chi connectivity index (χ1) is 13.5. The van der Waals surface area contributed by atoms with E-state index in [1.54, 1.807) is 0 Å². The molecule has 2 heteroatoms. The molecule has 28 heavy (non-hydrogen) atoms. The summed E-state index contributed by atoms with van der Waals surface area (Å²) in [6.45, 7) is 7.78. The van der Waals surface area contributed by atoms with Crippen LogP contribution >= 0.6 is 0 Å². The zero-order chi connectivity index (χ0) is 20.9. The third kappa shape index (κ3) is 22.0. The summed E-state index contributed by atoms with van der Waals surface area (Å²) in [5, 5.41) is 0. The zero-order valence-electron chi connectivity index (χ0n) is 18.4. The van der Waals surface area contributed by atoms with Crippen LogP contribution in [0.5, 0.6) is 0 Å². The van der Waals surface area contributed by atoms with Crippen LogP contribution in [0.15, 0.2) is 72.9 Å². The number of carbonyl (C=O) groups is 1. The van der Waals surface area contributed by atoms with Gasteiger partial charge in [0.05, 0.1) is 0 Å². The molecule has 0 saturated carbocycles. The van der Waals surface area contributed by atoms with Crippen molar-refractivity contribution in [2.45, 2.75) is 84.7 Å². The standard InChI is InChI=1S/C26H40O2/c1-5-6-7-8-9-10-11-12-13-14-15-16-17-18-19-20-21-22-23-24-25(27)28-26(2,3)4/h6-7,9-10,12-13,15-16,18-19,23-24H,5,8,11,14,17,20-22H2,1-4H3. The second-order valence-electron chi connectivity index (χ2n) is 7.57. The van der Waals surface area contributed by atoms with Gasteiger partial charge in [-0.3, -0.25) is 0 Å². The van der Waals surface area contributed by atoms with Crippen molar-refractivity contribution in [3.8, 4) is 0 Å². The van der Waals surface area contributed by atoms with Crippen molar-refractivity contribution < 1.29 is 9.53 Å². The van der Waals surface area contributed by atoms with Gasteiger partial charge < -0.3 is 4.74 Å². The Hall–Kier alpha value is -2.09. The third-order valence-corrected chi connectivity index (χ3v) is 3.56. The highest BCUT2D eigenvalue weighted by atomic mass is 16.6. The van der Waals surface area contributed by atoms with E-state index in [0.717, 1.165) is 51.4 Å². The molecule has 0 aromatic rings. The molecule has 0 amide bonds. The minimum atomic E-state index is -0.420. The third-order valence-electron chi connectivity index (χ3n) is 3.56. The van der Waals surface area contributed by atoms with Crippen molar-refractivity contribution in [2.75, 3.05) is 0 Å². The van der Waals surface area contributed by atoms with E-state index >= 15 is 0 Å². The van der Waals surface area contributed by atoms with E-state index in [-0.39, 0.29) is 5.97 Å². The summed E-state index contributed by atoms with van der Waals surface area (Å²) in [6.07, 6.45) is 33.6. The Morgan fingerprint density at radius 2 is 1.11 bits per heavy atom. The van der Waals surface area contributed by atoms with Crippen molar-refractivity contribution in [1.29, 1.82) is 0 Å². The van der Waals surface area contributed by atoms with Gasteiger partial charge in [0.25, 0.3) is 0 Å². The number of rotatable bonds is 14. The SMILES string of the molecule is CCC=CCC=CCC=CCC=CCC=CCCCC=CC(=O)OC(C)(C)C. The summed E-state index contributed by atoms with van der Waals surface area (Å²) in [5.74, 6) is -0.262. The number of carbonyl (C=O) groups excluding carboxylic acids is 1. The van der Waals surface area contributed by atoms with Crippen molar-refractivity contribution in [3.05, 3.63) is 72.9 Å². The first-order valence-electron chi connectivity index (χ1n) is 10.6. The van der Waals surface area contributed by atoms with Gasteiger partial charge in [0.2, 0.25) is 0 Å². The maximum Gasteiger partial charge on any atom is 0.330 e. The number of esters is 1. The lowest BCUT2D eigenvalue weighted by molar-refractivity contribution is -0.148. The largest absolute Gasteiger partial charge is 0.457 e. The molecule has 0 saturated heterocycles. The Labute approximate surface area is 173 Å². The lowest BCUT2D eigenvalue weighted by Gasteiger charge is -2.17. The van der Waals surface area contributed by atoms with Gasteiger partial charge in [-0.1, -0.05) is 73.8 Å². The summed E-state index contributed by atoms with van der Waals surface area (Å²) in [5.41, 5.74) is -0.420. The van der Waals surface area contributed by atoms with Gasteiger partial charge in [-0.25, -0.2) is 4.79 Å². The van der Waals surface area contributed by atoms with Gasteiger partial charge in [-0.15, -0.1) is 0 Å². The highest BCUT2D eigenvalue weighted by Crippen LogP contribution is 2.07. The van der Waals surface area contributed by atoms with Crippen LogP contribution < -0.4 is 0 Å². The van der Waals surface area contributed by atoms with Crippen LogP contribution in [0.3, 0.4) is 0 Å². The Kier molecular flexibility index (Phi) is 16.9. The summed E-state index contributed by atoms with van der Waals surface area (Å²) >= 11 is 0. The first kappa shape index (κ1) is 25.9. The van der Waals surface area contributed by atoms with Crippen LogP contribution in [-0.2, 0) is 9.53 Å². The average Bonchev–Trinajstić information content (AvgIpc) is 2.62. The molecular formula is C26H40O2. The molecule has 2 nitrogen and oxygen atoms in total. The first-order valence-corrected chi connectivity index (χ1v) is 10.6. The highest BCUT2D eigenvalue weighted by Gasteiger charge is 2.13. The van der Waals surface area contributed by atoms with Gasteiger partial charge in [-0.2, -0.15) is 0 Å². The molecular weight excluding hydrogens is 344 g/mol. The predicted molar refractivity (Wildman–Crippen MR) is 123 cm³/mol. The van der Waals surface area contributed by atoms with E-state index in [1.165, 1.54) is 6.08 Å². The fraction of sp³-hybridized carbons (Fsp3) is 0.500. The van der Waals surface area contributed by atoms with Crippen molar-refractivity contribution in [2.24, 2.45) is 0 Å². The van der Waals surface area contributed by atoms with Crippen molar-refractivity contribution in [1.82, 2.24) is 0 Å². The van der Waals surface area contributed by atoms with E-state index in [4.69, 9.17) is 4.74 Å². The van der Waals surface area contributed by atoms with Crippen molar-refractivity contribution in [3.63, 3.8) is 0 Å². The molecule has 0 aliphatic rings. The number of ether oxygens (including phenoxy) is 1. The maximum absolute atomic E-state index is 11.5. The van der Waals surface area contributed by atoms with Crippen LogP contribution in [0.4, 0.5) is 0 Å². The summed E-state index contributed by atoms with van der Waals surface area (Å²) < 4.78 is 5.22. The number of unbranched alkanes of at least 4 members (excludes halogenated alkanes) is 2. The molecule has 0 aromatic heterocycles. The van der Waals surface area contributed by atoms with Gasteiger partial charge in [0.15, 0.2) is 0 Å². The van der Waals surface area contributed by atoms with Crippen LogP contribution in [0, 0.1) is 0 Å². The monoisotopic (exact) mass is 384 g/mol. The molecule has 0 unspecified atom stereocenters. The Morgan fingerprint density at radius 3 is 1.57 bits per heavy atom. The lowest BCUT2D eigenvalue weighted by Crippen LogP contribution is -2.22. The van der Waals surface area contributed by atoms with E-state index in [2.05, 4.69) is 67.7 Å². The quantitative estimate of drug-likeness (QED) is 0.132. The van der Waals surface area contributed by atoms with Crippen molar-refractivity contribution >= 4 is 5.97 Å². The van der Waals surface area contributed by atoms with Gasteiger partial charge >= 0.3 is 5.97 Å². The predicted octanol–water partition coefficient (Wildman–Crippen LogP) is 7.81. The molecule has 0 radical (unpaired) electrons. The van der Waals surface area contributed by atoms with Gasteiger partial charge in [0, 0.05) is 6.08 Å². The fourth-order valence-corrected chi connectivity index (χ4v) is 2.24. The maximum atomic E-state index is 11.5. The van der Waals surface area contributed by atoms with E-state index in [9.17, 15) is 4.79 Å². The molecule has 156 valence electrons. The molecule has 0 aliphatic carbocycles. The number of allylic oxidation sites excluding steroid dienone is 11. The Bertz CT molecular complexity index is 551. The van der Waals surface area contributed by atoms with Crippen LogP contribution in [0.25, 0.3) is 0 Å². The van der Waals surface area contributed by atoms with Gasteiger partial charge in [-0.05, 0) is 72.1 Å². The summed E-state index contributed by atoms with van der Waals surface area (Å²) in [6, 6.07) is 0. The molecule has 0 heterocycles. The molecule has 0 atom stereocenters. The summed E-state index contributed by atoms with van der Waals surface area (Å²) in [7, 11) is 0. The Balaban J connectivity index is 3.60. The molecule has 0 N–H and O–H groups in total. The zero-order valence-corrected chi connectivity index (χ0v) is 18.4. The normalized spacial score (nSPS) is 13.4. The van der Waals surface area contributed by atoms with Crippen LogP contribution in [-0.4, -0.2) is 11.6 Å². The van der Waals surface area contributed by atoms with Crippen LogP contribution in [0.1, 0.15) is 79.1 Å². The average molecular weight is 385 g/mol. The fourth-order valence-electron chi connectivity index (χ4n) is 2.24. The van der Waals surface area contributed by atoms with Crippen LogP contribution in [0.2, 0.25) is 0 Å². The smallest absolute Gasteiger partial charge is 0.330 e. The Morgan fingerprint density at radius 1 is 0.679 bits per heavy atom. The molecule has 0 rings (SSSR count). The minimum absolute atomic E-state index is 0.262. The molecule has 0 bridgehead atoms. The van der Waals surface area contributed by atoms with E-state index in [1.807, 2.05) is 26.8 Å². The molecule has 0 aliphatic heterocycles. The summed E-state index contributed by atoms with van der Waals surface area (Å²) in [4.78, 5) is 11.5. The lowest BCUT2D eigenvalue weighted by atomic mass is 10.2. The topological polar surface area (TPSA) is 26.3 Å². The molecule has 0 spiro atoms. The molecule has 0 fully saturated rings. The minimum Gasteiger partial charge on any atom is -0.457 e. The highest BCUT2D eigenvalue weighted by molar-refractivity contribution is 5.82.